The summed E-state index contributed by atoms with van der Waals surface area (Å²) < 4.78 is 0. The van der Waals surface area contributed by atoms with Gasteiger partial charge in [-0.25, -0.2) is 0 Å². The Labute approximate surface area is 437 Å². The zero-order valence-electron chi connectivity index (χ0n) is 45.4. The zero-order chi connectivity index (χ0) is 51.0. The molecular formula is C69H72BN3. The van der Waals surface area contributed by atoms with Crippen molar-refractivity contribution in [3.8, 4) is 22.3 Å². The van der Waals surface area contributed by atoms with Crippen LogP contribution in [0.2, 0.25) is 0 Å². The molecule has 3 heterocycles. The fraction of sp³-hybridized carbons (Fsp3) is 0.304. The standard InChI is InChI=1S/C69H72BN3/c1-45-39-62-64-63(40-45)72(58-35-28-50(66(5,6)7)42-54(58)47-23-17-14-18-24-47)60-34-25-48(46-21-15-13-16-22-46)41-57(60)70(64)56-33-32-53(44-61(56)71(62)52-30-26-49(27-31-52)65(2,3)4)73-59-36-29-51(67(8,9)10)43-55(59)68(11)37-19-20-38-69(68,73)12/h13-18,21-36,39-44H,19-20,37-38H2,1-12H3. The van der Waals surface area contributed by atoms with Gasteiger partial charge in [0.25, 0.3) is 6.71 Å². The minimum atomic E-state index is -0.0879. The molecule has 4 aliphatic rings. The molecule has 2 unspecified atom stereocenters. The fourth-order valence-electron chi connectivity index (χ4n) is 13.4. The predicted octanol–water partition coefficient (Wildman–Crippen LogP) is 17.0. The lowest BCUT2D eigenvalue weighted by Crippen LogP contribution is -2.61. The third-order valence-corrected chi connectivity index (χ3v) is 17.7. The molecule has 8 aromatic rings. The lowest BCUT2D eigenvalue weighted by molar-refractivity contribution is 0.195. The zero-order valence-corrected chi connectivity index (χ0v) is 45.4. The van der Waals surface area contributed by atoms with Gasteiger partial charge in [0.1, 0.15) is 0 Å². The molecule has 2 atom stereocenters. The minimum Gasteiger partial charge on any atom is -0.334 e. The second kappa shape index (κ2) is 16.6. The van der Waals surface area contributed by atoms with Crippen molar-refractivity contribution in [3.05, 3.63) is 198 Å². The molecule has 0 N–H and O–H groups in total. The van der Waals surface area contributed by atoms with Gasteiger partial charge in [0.2, 0.25) is 0 Å². The Morgan fingerprint density at radius 3 is 1.64 bits per heavy atom. The maximum absolute atomic E-state index is 2.78. The lowest BCUT2D eigenvalue weighted by atomic mass is 9.33. The van der Waals surface area contributed by atoms with Crippen LogP contribution in [0.5, 0.6) is 0 Å². The van der Waals surface area contributed by atoms with Crippen molar-refractivity contribution in [2.45, 2.75) is 136 Å². The monoisotopic (exact) mass is 954 g/mol. The summed E-state index contributed by atoms with van der Waals surface area (Å²) in [6, 6.07) is 66.0. The Kier molecular flexibility index (Phi) is 10.8. The van der Waals surface area contributed by atoms with E-state index < -0.39 is 0 Å². The van der Waals surface area contributed by atoms with Crippen molar-refractivity contribution >= 4 is 68.6 Å². The van der Waals surface area contributed by atoms with E-state index in [0.29, 0.717) is 0 Å². The van der Waals surface area contributed by atoms with E-state index in [4.69, 9.17) is 0 Å². The van der Waals surface area contributed by atoms with Gasteiger partial charge < -0.3 is 14.7 Å². The Hall–Kier alpha value is -6.78. The molecule has 1 fully saturated rings. The molecule has 73 heavy (non-hydrogen) atoms. The highest BCUT2D eigenvalue weighted by Crippen LogP contribution is 2.62. The van der Waals surface area contributed by atoms with Gasteiger partial charge in [0, 0.05) is 50.8 Å². The molecular weight excluding hydrogens is 882 g/mol. The highest BCUT2D eigenvalue weighted by Gasteiger charge is 2.58. The Bertz CT molecular complexity index is 3460. The van der Waals surface area contributed by atoms with E-state index in [1.807, 2.05) is 0 Å². The van der Waals surface area contributed by atoms with Crippen molar-refractivity contribution in [1.82, 2.24) is 0 Å². The van der Waals surface area contributed by atoms with Crippen LogP contribution in [0.15, 0.2) is 170 Å². The number of aryl methyl sites for hydroxylation is 1. The number of anilines is 8. The first-order valence-corrected chi connectivity index (χ1v) is 27.1. The SMILES string of the molecule is Cc1cc2c3c(c1)N(c1ccc(C(C)(C)C)cc1-c1ccccc1)c1ccc(-c4ccccc4)cc1B3c1ccc(N3c4ccc(C(C)(C)C)cc4C4(C)CCCCC34C)cc1N2c1ccc(C(C)(C)C)cc1. The molecule has 8 aromatic carbocycles. The molecule has 0 radical (unpaired) electrons. The van der Waals surface area contributed by atoms with Crippen molar-refractivity contribution < 1.29 is 0 Å². The van der Waals surface area contributed by atoms with Gasteiger partial charge in [0.15, 0.2) is 0 Å². The molecule has 4 heteroatoms. The van der Waals surface area contributed by atoms with Crippen molar-refractivity contribution in [2.75, 3.05) is 14.7 Å². The average Bonchev–Trinajstić information content (AvgIpc) is 3.59. The molecule has 0 amide bonds. The van der Waals surface area contributed by atoms with Crippen molar-refractivity contribution in [3.63, 3.8) is 0 Å². The van der Waals surface area contributed by atoms with Gasteiger partial charge in [-0.15, -0.1) is 0 Å². The van der Waals surface area contributed by atoms with E-state index in [2.05, 4.69) is 268 Å². The maximum Gasteiger partial charge on any atom is 0.252 e. The van der Waals surface area contributed by atoms with Gasteiger partial charge in [-0.2, -0.15) is 0 Å². The smallest absolute Gasteiger partial charge is 0.252 e. The van der Waals surface area contributed by atoms with Crippen LogP contribution in [0, 0.1) is 6.92 Å². The highest BCUT2D eigenvalue weighted by molar-refractivity contribution is 7.00. The van der Waals surface area contributed by atoms with E-state index in [9.17, 15) is 0 Å². The number of hydrogen-bond donors (Lipinski definition) is 0. The topological polar surface area (TPSA) is 9.72 Å². The van der Waals surface area contributed by atoms with Gasteiger partial charge in [-0.05, 0) is 164 Å². The van der Waals surface area contributed by atoms with E-state index in [-0.39, 0.29) is 33.9 Å². The van der Waals surface area contributed by atoms with Crippen LogP contribution in [-0.4, -0.2) is 12.3 Å². The van der Waals surface area contributed by atoms with Crippen LogP contribution < -0.4 is 31.1 Å². The number of nitrogens with zero attached hydrogens (tertiary/aromatic N) is 3. The lowest BCUT2D eigenvalue weighted by Gasteiger charge is -2.50. The number of benzene rings is 8. The highest BCUT2D eigenvalue weighted by atomic mass is 15.3. The molecule has 3 aliphatic heterocycles. The molecule has 1 aliphatic carbocycles. The summed E-state index contributed by atoms with van der Waals surface area (Å²) in [5, 5.41) is 0. The van der Waals surface area contributed by atoms with E-state index in [1.165, 1.54) is 131 Å². The maximum atomic E-state index is 2.78. The summed E-state index contributed by atoms with van der Waals surface area (Å²) in [5.74, 6) is 0. The Morgan fingerprint density at radius 1 is 0.425 bits per heavy atom. The van der Waals surface area contributed by atoms with Crippen molar-refractivity contribution in [2.24, 2.45) is 0 Å². The van der Waals surface area contributed by atoms with Crippen LogP contribution in [0.25, 0.3) is 22.3 Å². The van der Waals surface area contributed by atoms with Crippen molar-refractivity contribution in [1.29, 1.82) is 0 Å². The summed E-state index contributed by atoms with van der Waals surface area (Å²) in [6.07, 6.45) is 4.84. The fourth-order valence-corrected chi connectivity index (χ4v) is 13.4. The number of hydrogen-bond acceptors (Lipinski definition) is 3. The molecule has 0 aromatic heterocycles. The normalized spacial score (nSPS) is 19.0. The van der Waals surface area contributed by atoms with Crippen LogP contribution in [0.3, 0.4) is 0 Å². The van der Waals surface area contributed by atoms with Gasteiger partial charge in [0.05, 0.1) is 11.2 Å². The predicted molar refractivity (Wildman–Crippen MR) is 315 cm³/mol. The second-order valence-electron chi connectivity index (χ2n) is 25.5. The molecule has 1 saturated carbocycles. The largest absolute Gasteiger partial charge is 0.334 e. The van der Waals surface area contributed by atoms with Gasteiger partial charge in [-0.1, -0.05) is 191 Å². The first-order valence-electron chi connectivity index (χ1n) is 27.1. The average molecular weight is 954 g/mol. The van der Waals surface area contributed by atoms with Crippen LogP contribution in [0.4, 0.5) is 45.5 Å². The summed E-state index contributed by atoms with van der Waals surface area (Å²) >= 11 is 0. The minimum absolute atomic E-state index is 0.0160. The molecule has 0 saturated heterocycles. The Morgan fingerprint density at radius 2 is 0.986 bits per heavy atom. The van der Waals surface area contributed by atoms with E-state index in [1.54, 1.807) is 0 Å². The third kappa shape index (κ3) is 7.44. The van der Waals surface area contributed by atoms with Gasteiger partial charge in [-0.3, -0.25) is 0 Å². The summed E-state index contributed by atoms with van der Waals surface area (Å²) in [5.41, 5.74) is 25.7. The van der Waals surface area contributed by atoms with E-state index >= 15 is 0 Å². The van der Waals surface area contributed by atoms with Crippen LogP contribution in [-0.2, 0) is 21.7 Å². The third-order valence-electron chi connectivity index (χ3n) is 17.7. The number of rotatable bonds is 5. The second-order valence-corrected chi connectivity index (χ2v) is 25.5. The Balaban J connectivity index is 1.15. The summed E-state index contributed by atoms with van der Waals surface area (Å²) in [4.78, 5) is 8.02. The van der Waals surface area contributed by atoms with Crippen LogP contribution in [0.1, 0.15) is 130 Å². The molecule has 3 nitrogen and oxygen atoms in total. The molecule has 0 spiro atoms. The number of fused-ring (bicyclic) bond motifs is 7. The van der Waals surface area contributed by atoms with Crippen LogP contribution >= 0.6 is 0 Å². The van der Waals surface area contributed by atoms with Gasteiger partial charge >= 0.3 is 0 Å². The summed E-state index contributed by atoms with van der Waals surface area (Å²) in [7, 11) is 0. The van der Waals surface area contributed by atoms with E-state index in [0.717, 1.165) is 6.42 Å². The molecule has 12 rings (SSSR count). The first kappa shape index (κ1) is 47.2. The first-order chi connectivity index (χ1) is 34.7. The molecule has 366 valence electrons. The molecule has 0 bridgehead atoms. The summed E-state index contributed by atoms with van der Waals surface area (Å²) in [6.45, 7) is 28.4. The quantitative estimate of drug-likeness (QED) is 0.159.